The first-order valence-corrected chi connectivity index (χ1v) is 5.32. The molecule has 0 aromatic heterocycles. The standard InChI is InChI=1S/C11H23NO3/c1-6-15-8-7-9(13)12-10(2,3)11(4,5)14/h14H,6-8H2,1-5H3,(H,12,13). The molecule has 0 aliphatic carbocycles. The Kier molecular flexibility index (Phi) is 5.24. The summed E-state index contributed by atoms with van der Waals surface area (Å²) in [7, 11) is 0. The number of carbonyl (C=O) groups is 1. The van der Waals surface area contributed by atoms with E-state index in [0.717, 1.165) is 0 Å². The third-order valence-electron chi connectivity index (χ3n) is 2.66. The lowest BCUT2D eigenvalue weighted by molar-refractivity contribution is -0.127. The average molecular weight is 217 g/mol. The second kappa shape index (κ2) is 5.47. The Bertz CT molecular complexity index is 206. The molecule has 0 radical (unpaired) electrons. The minimum atomic E-state index is -0.950. The van der Waals surface area contributed by atoms with E-state index in [0.29, 0.717) is 19.6 Å². The van der Waals surface area contributed by atoms with Crippen LogP contribution in [0.3, 0.4) is 0 Å². The van der Waals surface area contributed by atoms with Crippen LogP contribution in [0.1, 0.15) is 41.0 Å². The molecule has 0 fully saturated rings. The molecule has 0 rings (SSSR count). The monoisotopic (exact) mass is 217 g/mol. The maximum absolute atomic E-state index is 11.5. The van der Waals surface area contributed by atoms with E-state index in [2.05, 4.69) is 5.32 Å². The van der Waals surface area contributed by atoms with Gasteiger partial charge in [-0.3, -0.25) is 4.79 Å². The van der Waals surface area contributed by atoms with Crippen LogP contribution in [-0.2, 0) is 9.53 Å². The molecule has 0 aromatic rings. The van der Waals surface area contributed by atoms with Crippen molar-refractivity contribution in [3.8, 4) is 0 Å². The molecule has 4 nitrogen and oxygen atoms in total. The summed E-state index contributed by atoms with van der Waals surface area (Å²) in [5, 5.41) is 12.6. The van der Waals surface area contributed by atoms with Gasteiger partial charge in [-0.2, -0.15) is 0 Å². The Hall–Kier alpha value is -0.610. The quantitative estimate of drug-likeness (QED) is 0.654. The van der Waals surface area contributed by atoms with Crippen molar-refractivity contribution in [3.05, 3.63) is 0 Å². The number of hydrogen-bond acceptors (Lipinski definition) is 3. The molecular weight excluding hydrogens is 194 g/mol. The molecule has 0 aliphatic heterocycles. The molecule has 0 spiro atoms. The molecule has 1 amide bonds. The largest absolute Gasteiger partial charge is 0.388 e. The van der Waals surface area contributed by atoms with E-state index in [-0.39, 0.29) is 5.91 Å². The van der Waals surface area contributed by atoms with Gasteiger partial charge in [-0.05, 0) is 34.6 Å². The maximum Gasteiger partial charge on any atom is 0.222 e. The molecule has 4 heteroatoms. The van der Waals surface area contributed by atoms with Gasteiger partial charge in [-0.15, -0.1) is 0 Å². The number of ether oxygens (including phenoxy) is 1. The van der Waals surface area contributed by atoms with Crippen molar-refractivity contribution < 1.29 is 14.6 Å². The van der Waals surface area contributed by atoms with Crippen LogP contribution < -0.4 is 5.32 Å². The minimum Gasteiger partial charge on any atom is -0.388 e. The Labute approximate surface area is 92.0 Å². The topological polar surface area (TPSA) is 58.6 Å². The number of aliphatic hydroxyl groups is 1. The van der Waals surface area contributed by atoms with E-state index in [9.17, 15) is 9.90 Å². The molecule has 0 unspecified atom stereocenters. The summed E-state index contributed by atoms with van der Waals surface area (Å²) in [5.74, 6) is -0.101. The number of hydrogen-bond donors (Lipinski definition) is 2. The van der Waals surface area contributed by atoms with Gasteiger partial charge in [0.05, 0.1) is 17.7 Å². The van der Waals surface area contributed by atoms with Crippen molar-refractivity contribution in [2.24, 2.45) is 0 Å². The molecule has 0 aliphatic rings. The SMILES string of the molecule is CCOCCC(=O)NC(C)(C)C(C)(C)O. The van der Waals surface area contributed by atoms with Crippen molar-refractivity contribution in [2.45, 2.75) is 52.2 Å². The fraction of sp³-hybridized carbons (Fsp3) is 0.909. The Balaban J connectivity index is 4.06. The normalized spacial score (nSPS) is 12.7. The zero-order valence-corrected chi connectivity index (χ0v) is 10.4. The molecule has 0 heterocycles. The summed E-state index contributed by atoms with van der Waals surface area (Å²) >= 11 is 0. The number of amides is 1. The summed E-state index contributed by atoms with van der Waals surface area (Å²) in [6, 6.07) is 0. The second-order valence-electron chi connectivity index (χ2n) is 4.68. The van der Waals surface area contributed by atoms with E-state index < -0.39 is 11.1 Å². The molecule has 90 valence electrons. The highest BCUT2D eigenvalue weighted by atomic mass is 16.5. The third-order valence-corrected chi connectivity index (χ3v) is 2.66. The van der Waals surface area contributed by atoms with Gasteiger partial charge in [0.25, 0.3) is 0 Å². The summed E-state index contributed by atoms with van der Waals surface area (Å²) in [6.07, 6.45) is 0.327. The van der Waals surface area contributed by atoms with Crippen LogP contribution >= 0.6 is 0 Å². The molecule has 0 atom stereocenters. The second-order valence-corrected chi connectivity index (χ2v) is 4.68. The van der Waals surface area contributed by atoms with Gasteiger partial charge >= 0.3 is 0 Å². The summed E-state index contributed by atoms with van der Waals surface area (Å²) < 4.78 is 5.08. The number of nitrogens with one attached hydrogen (secondary N) is 1. The van der Waals surface area contributed by atoms with Gasteiger partial charge in [-0.25, -0.2) is 0 Å². The average Bonchev–Trinajstić information content (AvgIpc) is 2.01. The van der Waals surface area contributed by atoms with Gasteiger partial charge in [0, 0.05) is 13.0 Å². The van der Waals surface area contributed by atoms with Gasteiger partial charge in [0.15, 0.2) is 0 Å². The molecule has 0 aromatic carbocycles. The van der Waals surface area contributed by atoms with E-state index in [4.69, 9.17) is 4.74 Å². The lowest BCUT2D eigenvalue weighted by Gasteiger charge is -2.38. The zero-order chi connectivity index (χ0) is 12.1. The minimum absolute atomic E-state index is 0.101. The van der Waals surface area contributed by atoms with Crippen molar-refractivity contribution >= 4 is 5.91 Å². The van der Waals surface area contributed by atoms with Crippen molar-refractivity contribution in [1.29, 1.82) is 0 Å². The first kappa shape index (κ1) is 14.4. The van der Waals surface area contributed by atoms with Crippen LogP contribution in [0.25, 0.3) is 0 Å². The molecule has 0 saturated carbocycles. The smallest absolute Gasteiger partial charge is 0.222 e. The molecule has 2 N–H and O–H groups in total. The zero-order valence-electron chi connectivity index (χ0n) is 10.4. The van der Waals surface area contributed by atoms with E-state index in [1.54, 1.807) is 27.7 Å². The number of carbonyl (C=O) groups excluding carboxylic acids is 1. The first-order chi connectivity index (χ1) is 6.70. The maximum atomic E-state index is 11.5. The van der Waals surface area contributed by atoms with Gasteiger partial charge in [0.1, 0.15) is 0 Å². The first-order valence-electron chi connectivity index (χ1n) is 5.32. The van der Waals surface area contributed by atoms with Crippen molar-refractivity contribution in [2.75, 3.05) is 13.2 Å². The van der Waals surface area contributed by atoms with Crippen LogP contribution in [0.5, 0.6) is 0 Å². The predicted molar refractivity (Wildman–Crippen MR) is 59.6 cm³/mol. The Morgan fingerprint density at radius 3 is 2.27 bits per heavy atom. The molecule has 0 saturated heterocycles. The highest BCUT2D eigenvalue weighted by Crippen LogP contribution is 2.20. The van der Waals surface area contributed by atoms with Crippen LogP contribution in [0.2, 0.25) is 0 Å². The van der Waals surface area contributed by atoms with Crippen LogP contribution in [-0.4, -0.2) is 35.4 Å². The van der Waals surface area contributed by atoms with Crippen molar-refractivity contribution in [3.63, 3.8) is 0 Å². The van der Waals surface area contributed by atoms with E-state index in [1.807, 2.05) is 6.92 Å². The summed E-state index contributed by atoms with van der Waals surface area (Å²) in [5.41, 5.74) is -1.59. The summed E-state index contributed by atoms with van der Waals surface area (Å²) in [4.78, 5) is 11.5. The van der Waals surface area contributed by atoms with Crippen LogP contribution in [0, 0.1) is 0 Å². The fourth-order valence-corrected chi connectivity index (χ4v) is 0.873. The molecule has 15 heavy (non-hydrogen) atoms. The van der Waals surface area contributed by atoms with Crippen LogP contribution in [0.15, 0.2) is 0 Å². The highest BCUT2D eigenvalue weighted by molar-refractivity contribution is 5.76. The Morgan fingerprint density at radius 1 is 1.33 bits per heavy atom. The predicted octanol–water partition coefficient (Wildman–Crippen LogP) is 1.08. The third kappa shape index (κ3) is 5.14. The van der Waals surface area contributed by atoms with Gasteiger partial charge in [0.2, 0.25) is 5.91 Å². The summed E-state index contributed by atoms with van der Waals surface area (Å²) in [6.45, 7) is 9.87. The van der Waals surface area contributed by atoms with Gasteiger partial charge < -0.3 is 15.2 Å². The van der Waals surface area contributed by atoms with E-state index >= 15 is 0 Å². The van der Waals surface area contributed by atoms with E-state index in [1.165, 1.54) is 0 Å². The molecular formula is C11H23NO3. The lowest BCUT2D eigenvalue weighted by atomic mass is 9.86. The Morgan fingerprint density at radius 2 is 1.87 bits per heavy atom. The highest BCUT2D eigenvalue weighted by Gasteiger charge is 2.35. The van der Waals surface area contributed by atoms with Crippen LogP contribution in [0.4, 0.5) is 0 Å². The number of rotatable bonds is 6. The molecule has 0 bridgehead atoms. The van der Waals surface area contributed by atoms with Crippen molar-refractivity contribution in [1.82, 2.24) is 5.32 Å². The lowest BCUT2D eigenvalue weighted by Crippen LogP contribution is -2.57. The van der Waals surface area contributed by atoms with Gasteiger partial charge in [-0.1, -0.05) is 0 Å². The fourth-order valence-electron chi connectivity index (χ4n) is 0.873.